The van der Waals surface area contributed by atoms with Crippen LogP contribution in [0.15, 0.2) is 12.1 Å². The molecule has 0 atom stereocenters. The number of thioether (sulfide) groups is 1. The Bertz CT molecular complexity index is 659. The van der Waals surface area contributed by atoms with Crippen LogP contribution in [0.5, 0.6) is 0 Å². The lowest BCUT2D eigenvalue weighted by Crippen LogP contribution is -2.04. The number of benzene rings is 1. The summed E-state index contributed by atoms with van der Waals surface area (Å²) in [6.45, 7) is 3.92. The minimum Gasteiger partial charge on any atom is -0.477 e. The zero-order valence-corrected chi connectivity index (χ0v) is 12.0. The summed E-state index contributed by atoms with van der Waals surface area (Å²) >= 11 is 6.68. The van der Waals surface area contributed by atoms with Crippen LogP contribution in [0.25, 0.3) is 10.9 Å². The van der Waals surface area contributed by atoms with Gasteiger partial charge in [-0.2, -0.15) is 0 Å². The molecule has 94 valence electrons. The summed E-state index contributed by atoms with van der Waals surface area (Å²) in [5.74, 6) is -0.976. The molecule has 0 spiro atoms. The van der Waals surface area contributed by atoms with Crippen molar-refractivity contribution in [3.63, 3.8) is 0 Å². The molecule has 1 heterocycles. The van der Waals surface area contributed by atoms with Crippen LogP contribution >= 0.6 is 24.0 Å². The predicted octanol–water partition coefficient (Wildman–Crippen LogP) is 3.52. The van der Waals surface area contributed by atoms with E-state index in [1.54, 1.807) is 0 Å². The average Bonchev–Trinajstić information content (AvgIpc) is 2.74. The first-order valence-electron chi connectivity index (χ1n) is 5.40. The Labute approximate surface area is 115 Å². The SMILES string of the molecule is CSC(=S)c1c(C(=O)O)[nH]c2c(C)ccc(C)c12. The fraction of sp³-hybridized carbons (Fsp3) is 0.231. The van der Waals surface area contributed by atoms with Crippen LogP contribution in [-0.4, -0.2) is 26.5 Å². The van der Waals surface area contributed by atoms with Crippen molar-refractivity contribution in [2.24, 2.45) is 0 Å². The summed E-state index contributed by atoms with van der Waals surface area (Å²) in [5, 5.41) is 10.2. The van der Waals surface area contributed by atoms with Gasteiger partial charge in [0, 0.05) is 16.5 Å². The first kappa shape index (κ1) is 13.1. The van der Waals surface area contributed by atoms with Crippen LogP contribution in [-0.2, 0) is 0 Å². The van der Waals surface area contributed by atoms with E-state index in [-0.39, 0.29) is 5.69 Å². The highest BCUT2D eigenvalue weighted by atomic mass is 32.2. The third kappa shape index (κ3) is 1.93. The van der Waals surface area contributed by atoms with Crippen molar-refractivity contribution in [3.05, 3.63) is 34.5 Å². The van der Waals surface area contributed by atoms with Crippen molar-refractivity contribution in [2.45, 2.75) is 13.8 Å². The predicted molar refractivity (Wildman–Crippen MR) is 79.9 cm³/mol. The van der Waals surface area contributed by atoms with Gasteiger partial charge in [-0.1, -0.05) is 24.4 Å². The normalized spacial score (nSPS) is 10.8. The van der Waals surface area contributed by atoms with Gasteiger partial charge in [0.1, 0.15) is 5.69 Å². The number of hydrogen-bond acceptors (Lipinski definition) is 3. The van der Waals surface area contributed by atoms with Crippen LogP contribution in [0, 0.1) is 13.8 Å². The molecule has 0 aliphatic rings. The van der Waals surface area contributed by atoms with Crippen molar-refractivity contribution in [3.8, 4) is 0 Å². The number of nitrogens with one attached hydrogen (secondary N) is 1. The Morgan fingerprint density at radius 3 is 2.50 bits per heavy atom. The molecule has 0 radical (unpaired) electrons. The number of fused-ring (bicyclic) bond motifs is 1. The molecule has 2 rings (SSSR count). The molecule has 18 heavy (non-hydrogen) atoms. The quantitative estimate of drug-likeness (QED) is 0.826. The minimum absolute atomic E-state index is 0.182. The molecule has 2 aromatic rings. The zero-order valence-electron chi connectivity index (χ0n) is 10.3. The van der Waals surface area contributed by atoms with Crippen molar-refractivity contribution in [1.82, 2.24) is 4.98 Å². The molecule has 0 aliphatic carbocycles. The third-order valence-corrected chi connectivity index (χ3v) is 4.25. The Balaban J connectivity index is 2.94. The second-order valence-electron chi connectivity index (χ2n) is 4.12. The van der Waals surface area contributed by atoms with Crippen molar-refractivity contribution < 1.29 is 9.90 Å². The summed E-state index contributed by atoms with van der Waals surface area (Å²) in [5.41, 5.74) is 3.74. The van der Waals surface area contributed by atoms with Crippen LogP contribution in [0.2, 0.25) is 0 Å². The summed E-state index contributed by atoms with van der Waals surface area (Å²) in [4.78, 5) is 14.3. The van der Waals surface area contributed by atoms with Crippen molar-refractivity contribution >= 4 is 45.0 Å². The summed E-state index contributed by atoms with van der Waals surface area (Å²) in [6, 6.07) is 3.97. The topological polar surface area (TPSA) is 53.1 Å². The number of hydrogen-bond donors (Lipinski definition) is 2. The standard InChI is InChI=1S/C13H13NO2S2/c1-6-4-5-7(2)10-8(6)9(13(17)18-3)11(14-10)12(15)16/h4-5,14H,1-3H3,(H,15,16). The summed E-state index contributed by atoms with van der Waals surface area (Å²) in [7, 11) is 0. The number of aromatic nitrogens is 1. The van der Waals surface area contributed by atoms with Gasteiger partial charge in [-0.3, -0.25) is 0 Å². The van der Waals surface area contributed by atoms with Gasteiger partial charge >= 0.3 is 5.97 Å². The van der Waals surface area contributed by atoms with E-state index in [1.165, 1.54) is 11.8 Å². The van der Waals surface area contributed by atoms with Crippen LogP contribution in [0.4, 0.5) is 0 Å². The molecule has 0 fully saturated rings. The van der Waals surface area contributed by atoms with E-state index >= 15 is 0 Å². The maximum Gasteiger partial charge on any atom is 0.353 e. The van der Waals surface area contributed by atoms with Crippen LogP contribution in [0.3, 0.4) is 0 Å². The molecule has 0 bridgehead atoms. The van der Waals surface area contributed by atoms with Gasteiger partial charge in [0.05, 0.1) is 4.20 Å². The lowest BCUT2D eigenvalue weighted by Gasteiger charge is -2.04. The van der Waals surface area contributed by atoms with E-state index in [2.05, 4.69) is 4.98 Å². The third-order valence-electron chi connectivity index (χ3n) is 2.98. The number of aryl methyl sites for hydroxylation is 2. The van der Waals surface area contributed by atoms with E-state index in [1.807, 2.05) is 32.2 Å². The molecule has 3 nitrogen and oxygen atoms in total. The Morgan fingerprint density at radius 1 is 1.33 bits per heavy atom. The molecule has 0 unspecified atom stereocenters. The minimum atomic E-state index is -0.976. The molecule has 0 saturated carbocycles. The lowest BCUT2D eigenvalue weighted by atomic mass is 10.0. The van der Waals surface area contributed by atoms with E-state index in [0.717, 1.165) is 22.0 Å². The molecule has 5 heteroatoms. The number of aromatic carboxylic acids is 1. The van der Waals surface area contributed by atoms with Gasteiger partial charge < -0.3 is 10.1 Å². The van der Waals surface area contributed by atoms with Gasteiger partial charge in [-0.15, -0.1) is 11.8 Å². The molecule has 1 aromatic heterocycles. The van der Waals surface area contributed by atoms with Crippen LogP contribution in [0.1, 0.15) is 27.2 Å². The smallest absolute Gasteiger partial charge is 0.353 e. The Hall–Kier alpha value is -1.33. The highest BCUT2D eigenvalue weighted by molar-refractivity contribution is 8.23. The molecule has 2 N–H and O–H groups in total. The second-order valence-corrected chi connectivity index (χ2v) is 5.60. The first-order chi connectivity index (χ1) is 8.47. The zero-order chi connectivity index (χ0) is 13.4. The van der Waals surface area contributed by atoms with E-state index in [0.29, 0.717) is 9.76 Å². The maximum atomic E-state index is 11.3. The van der Waals surface area contributed by atoms with E-state index < -0.39 is 5.97 Å². The van der Waals surface area contributed by atoms with Crippen LogP contribution < -0.4 is 0 Å². The Morgan fingerprint density at radius 2 is 1.94 bits per heavy atom. The van der Waals surface area contributed by atoms with Crippen molar-refractivity contribution in [1.29, 1.82) is 0 Å². The highest BCUT2D eigenvalue weighted by Gasteiger charge is 2.21. The molecule has 0 saturated heterocycles. The van der Waals surface area contributed by atoms with Gasteiger partial charge in [-0.05, 0) is 31.2 Å². The lowest BCUT2D eigenvalue weighted by molar-refractivity contribution is 0.0691. The number of H-pyrrole nitrogens is 1. The molecule has 0 aliphatic heterocycles. The number of carbonyl (C=O) groups is 1. The molecular formula is C13H13NO2S2. The van der Waals surface area contributed by atoms with Gasteiger partial charge in [0.15, 0.2) is 0 Å². The van der Waals surface area contributed by atoms with E-state index in [4.69, 9.17) is 12.2 Å². The summed E-state index contributed by atoms with van der Waals surface area (Å²) in [6.07, 6.45) is 1.86. The summed E-state index contributed by atoms with van der Waals surface area (Å²) < 4.78 is 0.604. The number of carboxylic acids is 1. The van der Waals surface area contributed by atoms with E-state index in [9.17, 15) is 9.90 Å². The second kappa shape index (κ2) is 4.74. The monoisotopic (exact) mass is 279 g/mol. The molecule has 1 aromatic carbocycles. The average molecular weight is 279 g/mol. The first-order valence-corrected chi connectivity index (χ1v) is 7.04. The Kier molecular flexibility index (Phi) is 3.45. The van der Waals surface area contributed by atoms with Gasteiger partial charge in [0.25, 0.3) is 0 Å². The fourth-order valence-corrected chi connectivity index (χ4v) is 2.69. The van der Waals surface area contributed by atoms with Gasteiger partial charge in [0.2, 0.25) is 0 Å². The highest BCUT2D eigenvalue weighted by Crippen LogP contribution is 2.31. The number of aromatic amines is 1. The van der Waals surface area contributed by atoms with Crippen molar-refractivity contribution in [2.75, 3.05) is 6.26 Å². The number of rotatable bonds is 2. The van der Waals surface area contributed by atoms with Gasteiger partial charge in [-0.25, -0.2) is 4.79 Å². The maximum absolute atomic E-state index is 11.3. The molecule has 0 amide bonds. The molecular weight excluding hydrogens is 266 g/mol. The fourth-order valence-electron chi connectivity index (χ4n) is 2.07. The number of carboxylic acid groups (broad SMARTS) is 1. The number of thiocarbonyl (C=S) groups is 1. The largest absolute Gasteiger partial charge is 0.477 e.